The van der Waals surface area contributed by atoms with Crippen LogP contribution in [0.4, 0.5) is 4.39 Å². The second kappa shape index (κ2) is 19.8. The lowest BCUT2D eigenvalue weighted by molar-refractivity contribution is -0.123. The number of carbonyl (C=O) groups is 2. The summed E-state index contributed by atoms with van der Waals surface area (Å²) in [5.74, 6) is -0.747. The van der Waals surface area contributed by atoms with Crippen molar-refractivity contribution in [2.75, 3.05) is 52.5 Å². The van der Waals surface area contributed by atoms with Crippen LogP contribution in [-0.4, -0.2) is 87.9 Å². The number of allylic oxidation sites excluding steroid dienone is 9. The highest BCUT2D eigenvalue weighted by molar-refractivity contribution is 6.35. The highest BCUT2D eigenvalue weighted by Crippen LogP contribution is 2.20. The minimum absolute atomic E-state index is 0.0912. The number of para-hydroxylation sites is 1. The van der Waals surface area contributed by atoms with Crippen LogP contribution in [0.15, 0.2) is 100.0 Å². The molecule has 2 atom stereocenters. The molecule has 1 heterocycles. The van der Waals surface area contributed by atoms with Gasteiger partial charge in [-0.1, -0.05) is 60.7 Å². The predicted octanol–water partition coefficient (Wildman–Crippen LogP) is 4.30. The molecule has 11 heteroatoms. The van der Waals surface area contributed by atoms with Crippen LogP contribution in [0.3, 0.4) is 0 Å². The van der Waals surface area contributed by atoms with Crippen LogP contribution in [0.5, 0.6) is 5.75 Å². The Labute approximate surface area is 265 Å². The zero-order valence-corrected chi connectivity index (χ0v) is 26.1. The lowest BCUT2D eigenvalue weighted by atomic mass is 10.0. The van der Waals surface area contributed by atoms with Gasteiger partial charge < -0.3 is 24.9 Å². The lowest BCUT2D eigenvalue weighted by Gasteiger charge is -2.34. The molecule has 2 aliphatic rings. The molecule has 0 saturated carbocycles. The Bertz CT molecular complexity index is 1300. The number of benzene rings is 1. The zero-order chi connectivity index (χ0) is 32.3. The fraction of sp³-hybridized carbons (Fsp3) is 0.412. The van der Waals surface area contributed by atoms with E-state index < -0.39 is 5.91 Å². The third-order valence-electron chi connectivity index (χ3n) is 7.18. The first-order chi connectivity index (χ1) is 21.9. The molecule has 1 aromatic rings. The quantitative estimate of drug-likeness (QED) is 0.0993. The van der Waals surface area contributed by atoms with E-state index in [1.54, 1.807) is 13.0 Å². The summed E-state index contributed by atoms with van der Waals surface area (Å²) in [4.78, 5) is 37.0. The Morgan fingerprint density at radius 2 is 1.93 bits per heavy atom. The van der Waals surface area contributed by atoms with Crippen LogP contribution in [0.2, 0.25) is 0 Å². The van der Waals surface area contributed by atoms with Crippen molar-refractivity contribution in [1.82, 2.24) is 15.5 Å². The molecule has 1 aliphatic carbocycles. The molecule has 45 heavy (non-hydrogen) atoms. The Morgan fingerprint density at radius 1 is 1.16 bits per heavy atom. The normalized spacial score (nSPS) is 17.5. The molecule has 1 saturated heterocycles. The highest BCUT2D eigenvalue weighted by Gasteiger charge is 2.24. The SMILES string of the molecule is C=NOC(=NCCCNC(=O)C(C)/C=C\C(=C/C)C1=CCC=C(F)C=C1)C(=O)NCC(COc1ccccc1)N1CCOCC1. The molecule has 0 bridgehead atoms. The fourth-order valence-electron chi connectivity index (χ4n) is 4.58. The second-order valence-electron chi connectivity index (χ2n) is 10.4. The average molecular weight is 622 g/mol. The smallest absolute Gasteiger partial charge is 0.309 e. The van der Waals surface area contributed by atoms with Gasteiger partial charge in [0.15, 0.2) is 0 Å². The summed E-state index contributed by atoms with van der Waals surface area (Å²) in [6.45, 7) is 11.0. The largest absolute Gasteiger partial charge is 0.492 e. The van der Waals surface area contributed by atoms with Crippen molar-refractivity contribution < 1.29 is 28.3 Å². The molecule has 0 radical (unpaired) electrons. The van der Waals surface area contributed by atoms with Crippen LogP contribution in [-0.2, 0) is 19.2 Å². The number of ether oxygens (including phenoxy) is 2. The summed E-state index contributed by atoms with van der Waals surface area (Å²) in [5.41, 5.74) is 1.81. The van der Waals surface area contributed by atoms with Gasteiger partial charge in [0.1, 0.15) is 18.2 Å². The van der Waals surface area contributed by atoms with Crippen LogP contribution >= 0.6 is 0 Å². The maximum Gasteiger partial charge on any atom is 0.309 e. The molecule has 0 spiro atoms. The number of oxime groups is 1. The molecule has 2 amide bonds. The maximum absolute atomic E-state index is 13.5. The van der Waals surface area contributed by atoms with Crippen LogP contribution in [0.25, 0.3) is 0 Å². The van der Waals surface area contributed by atoms with E-state index >= 15 is 0 Å². The lowest BCUT2D eigenvalue weighted by Crippen LogP contribution is -2.52. The van der Waals surface area contributed by atoms with Crippen LogP contribution in [0, 0.1) is 5.92 Å². The van der Waals surface area contributed by atoms with Gasteiger partial charge in [0.2, 0.25) is 5.91 Å². The van der Waals surface area contributed by atoms with Crippen LogP contribution < -0.4 is 15.4 Å². The number of amides is 2. The highest BCUT2D eigenvalue weighted by atomic mass is 19.1. The van der Waals surface area contributed by atoms with E-state index in [-0.39, 0.29) is 36.1 Å². The van der Waals surface area contributed by atoms with Gasteiger partial charge in [0, 0.05) is 39.4 Å². The monoisotopic (exact) mass is 621 g/mol. The van der Waals surface area contributed by atoms with E-state index in [2.05, 4.69) is 32.4 Å². The average Bonchev–Trinajstić information content (AvgIpc) is 3.29. The molecule has 1 fully saturated rings. The van der Waals surface area contributed by atoms with E-state index in [0.717, 1.165) is 30.0 Å². The first kappa shape index (κ1) is 35.1. The number of aliphatic imine (C=N–C) groups is 1. The first-order valence-electron chi connectivity index (χ1n) is 15.2. The minimum Gasteiger partial charge on any atom is -0.492 e. The molecular weight excluding hydrogens is 577 g/mol. The number of hydrogen-bond donors (Lipinski definition) is 2. The number of hydrogen-bond acceptors (Lipinski definition) is 8. The summed E-state index contributed by atoms with van der Waals surface area (Å²) in [6, 6.07) is 9.43. The topological polar surface area (TPSA) is 114 Å². The standard InChI is InChI=1S/C34H44FN5O5/c1-4-27(28-10-8-11-29(35)17-16-28)15-14-26(2)32(41)37-18-9-19-38-34(45-36-3)33(42)39-24-30(40-20-22-43-23-21-40)25-44-31-12-6-5-7-13-31/h4-7,10-17,26,30H,3,8-9,18-25H2,1-2H3,(H,37,41)(H,39,42)/b15-14-,27-4+,38-34?. The molecule has 242 valence electrons. The minimum atomic E-state index is -0.514. The summed E-state index contributed by atoms with van der Waals surface area (Å²) in [5, 5.41) is 9.14. The van der Waals surface area contributed by atoms with Gasteiger partial charge in [0.05, 0.1) is 25.2 Å². The number of nitrogens with one attached hydrogen (secondary N) is 2. The van der Waals surface area contributed by atoms with E-state index in [4.69, 9.17) is 14.3 Å². The molecular formula is C34H44FN5O5. The number of carbonyl (C=O) groups excluding carboxylic acids is 2. The van der Waals surface area contributed by atoms with Crippen molar-refractivity contribution in [1.29, 1.82) is 0 Å². The van der Waals surface area contributed by atoms with Gasteiger partial charge in [-0.2, -0.15) is 0 Å². The molecule has 10 nitrogen and oxygen atoms in total. The number of morpholine rings is 1. The second-order valence-corrected chi connectivity index (χ2v) is 10.4. The Morgan fingerprint density at radius 3 is 2.67 bits per heavy atom. The van der Waals surface area contributed by atoms with E-state index in [9.17, 15) is 14.0 Å². The first-order valence-corrected chi connectivity index (χ1v) is 15.2. The van der Waals surface area contributed by atoms with Crippen molar-refractivity contribution in [3.63, 3.8) is 0 Å². The number of halogens is 1. The van der Waals surface area contributed by atoms with Gasteiger partial charge in [0.25, 0.3) is 0 Å². The number of nitrogens with zero attached hydrogens (tertiary/aromatic N) is 3. The summed E-state index contributed by atoms with van der Waals surface area (Å²) >= 11 is 0. The van der Waals surface area contributed by atoms with E-state index in [1.807, 2.05) is 61.6 Å². The molecule has 0 aromatic heterocycles. The van der Waals surface area contributed by atoms with Crippen molar-refractivity contribution >= 4 is 24.4 Å². The summed E-state index contributed by atoms with van der Waals surface area (Å²) in [7, 11) is 0. The van der Waals surface area contributed by atoms with Gasteiger partial charge in [-0.05, 0) is 55.2 Å². The predicted molar refractivity (Wildman–Crippen MR) is 175 cm³/mol. The van der Waals surface area contributed by atoms with Gasteiger partial charge in [-0.15, -0.1) is 0 Å². The van der Waals surface area contributed by atoms with E-state index in [1.165, 1.54) is 12.2 Å². The molecule has 2 unspecified atom stereocenters. The zero-order valence-electron chi connectivity index (χ0n) is 26.1. The fourth-order valence-corrected chi connectivity index (χ4v) is 4.58. The molecule has 1 aromatic carbocycles. The Kier molecular flexibility index (Phi) is 15.5. The molecule has 3 rings (SSSR count). The Balaban J connectivity index is 1.45. The van der Waals surface area contributed by atoms with Crippen molar-refractivity contribution in [3.8, 4) is 5.75 Å². The maximum atomic E-state index is 13.5. The van der Waals surface area contributed by atoms with Gasteiger partial charge in [-0.25, -0.2) is 9.38 Å². The van der Waals surface area contributed by atoms with Crippen molar-refractivity contribution in [3.05, 3.63) is 89.8 Å². The van der Waals surface area contributed by atoms with Gasteiger partial charge >= 0.3 is 11.8 Å². The molecule has 1 aliphatic heterocycles. The summed E-state index contributed by atoms with van der Waals surface area (Å²) in [6.07, 6.45) is 13.2. The Hall–Kier alpha value is -4.35. The van der Waals surface area contributed by atoms with Gasteiger partial charge in [-0.3, -0.25) is 14.5 Å². The van der Waals surface area contributed by atoms with Crippen molar-refractivity contribution in [2.24, 2.45) is 16.1 Å². The third-order valence-corrected chi connectivity index (χ3v) is 7.18. The van der Waals surface area contributed by atoms with E-state index in [0.29, 0.717) is 45.8 Å². The molecule has 2 N–H and O–H groups in total. The van der Waals surface area contributed by atoms with Crippen LogP contribution in [0.1, 0.15) is 26.7 Å². The third kappa shape index (κ3) is 12.7. The number of rotatable bonds is 15. The van der Waals surface area contributed by atoms with Crippen molar-refractivity contribution in [2.45, 2.75) is 32.7 Å². The summed E-state index contributed by atoms with van der Waals surface area (Å²) < 4.78 is 25.0.